The fourth-order valence-electron chi connectivity index (χ4n) is 3.07. The molecular weight excluding hydrogens is 387 g/mol. The van der Waals surface area contributed by atoms with E-state index in [0.29, 0.717) is 42.0 Å². The van der Waals surface area contributed by atoms with Gasteiger partial charge in [0.2, 0.25) is 17.8 Å². The maximum Gasteiger partial charge on any atom is 0.244 e. The average molecular weight is 408 g/mol. The number of hydrogen-bond acceptors (Lipinski definition) is 7. The van der Waals surface area contributed by atoms with Gasteiger partial charge in [-0.15, -0.1) is 0 Å². The van der Waals surface area contributed by atoms with E-state index in [4.69, 9.17) is 4.74 Å². The van der Waals surface area contributed by atoms with E-state index in [9.17, 15) is 9.18 Å². The van der Waals surface area contributed by atoms with Crippen LogP contribution in [-0.4, -0.2) is 34.5 Å². The summed E-state index contributed by atoms with van der Waals surface area (Å²) in [5, 5.41) is 6.04. The SMILES string of the molecule is Cc1nc(NCc2ccc(OCc3ccc(F)nc3)cc2)nc2c1NC(=O)CN2C. The minimum atomic E-state index is -0.509. The van der Waals surface area contributed by atoms with Crippen LogP contribution in [0.3, 0.4) is 0 Å². The topological polar surface area (TPSA) is 92.3 Å². The van der Waals surface area contributed by atoms with Gasteiger partial charge in [-0.2, -0.15) is 9.37 Å². The summed E-state index contributed by atoms with van der Waals surface area (Å²) in [6.45, 7) is 2.96. The lowest BCUT2D eigenvalue weighted by atomic mass is 10.2. The first-order valence-electron chi connectivity index (χ1n) is 9.43. The highest BCUT2D eigenvalue weighted by molar-refractivity contribution is 6.00. The van der Waals surface area contributed by atoms with Crippen LogP contribution in [0.1, 0.15) is 16.8 Å². The Hall–Kier alpha value is -3.75. The van der Waals surface area contributed by atoms with Gasteiger partial charge in [0.25, 0.3) is 0 Å². The van der Waals surface area contributed by atoms with E-state index < -0.39 is 5.95 Å². The van der Waals surface area contributed by atoms with E-state index in [1.807, 2.05) is 38.2 Å². The molecule has 1 aliphatic heterocycles. The molecule has 0 bridgehead atoms. The Bertz CT molecular complexity index is 1060. The molecule has 0 spiro atoms. The fourth-order valence-corrected chi connectivity index (χ4v) is 3.07. The van der Waals surface area contributed by atoms with Gasteiger partial charge in [0, 0.05) is 25.4 Å². The first kappa shape index (κ1) is 19.6. The van der Waals surface area contributed by atoms with Crippen LogP contribution < -0.4 is 20.3 Å². The Kier molecular flexibility index (Phi) is 5.42. The molecule has 4 rings (SSSR count). The quantitative estimate of drug-likeness (QED) is 0.606. The maximum absolute atomic E-state index is 12.8. The predicted molar refractivity (Wildman–Crippen MR) is 111 cm³/mol. The molecule has 2 N–H and O–H groups in total. The number of halogens is 1. The fraction of sp³-hybridized carbons (Fsp3) is 0.238. The second kappa shape index (κ2) is 8.32. The zero-order chi connectivity index (χ0) is 21.1. The molecule has 0 fully saturated rings. The third-order valence-corrected chi connectivity index (χ3v) is 4.65. The Labute approximate surface area is 173 Å². The van der Waals surface area contributed by atoms with Crippen molar-refractivity contribution in [3.05, 3.63) is 65.4 Å². The van der Waals surface area contributed by atoms with Gasteiger partial charge in [-0.25, -0.2) is 9.97 Å². The number of pyridine rings is 1. The van der Waals surface area contributed by atoms with E-state index >= 15 is 0 Å². The lowest BCUT2D eigenvalue weighted by Gasteiger charge is -2.27. The Balaban J connectivity index is 1.36. The number of amides is 1. The van der Waals surface area contributed by atoms with Crippen molar-refractivity contribution in [2.75, 3.05) is 29.1 Å². The van der Waals surface area contributed by atoms with Gasteiger partial charge in [0.05, 0.1) is 12.2 Å². The first-order chi connectivity index (χ1) is 14.5. The minimum absolute atomic E-state index is 0.0737. The molecule has 0 saturated heterocycles. The van der Waals surface area contributed by atoms with Crippen LogP contribution in [0.15, 0.2) is 42.6 Å². The summed E-state index contributed by atoms with van der Waals surface area (Å²) in [6, 6.07) is 10.6. The van der Waals surface area contributed by atoms with E-state index in [0.717, 1.165) is 11.1 Å². The van der Waals surface area contributed by atoms with Crippen LogP contribution in [0, 0.1) is 12.9 Å². The summed E-state index contributed by atoms with van der Waals surface area (Å²) in [7, 11) is 1.83. The van der Waals surface area contributed by atoms with Crippen LogP contribution in [0.5, 0.6) is 5.75 Å². The van der Waals surface area contributed by atoms with Gasteiger partial charge in [-0.05, 0) is 36.8 Å². The highest BCUT2D eigenvalue weighted by Crippen LogP contribution is 2.29. The van der Waals surface area contributed by atoms with Crippen LogP contribution in [0.25, 0.3) is 0 Å². The first-order valence-corrected chi connectivity index (χ1v) is 9.43. The molecule has 0 atom stereocenters. The Morgan fingerprint density at radius 2 is 1.93 bits per heavy atom. The standard InChI is InChI=1S/C21H21FN6O2/c1-13-19-20(28(2)11-18(29)26-19)27-21(25-13)24-9-14-3-6-16(7-4-14)30-12-15-5-8-17(22)23-10-15/h3-8,10H,9,11-12H2,1-2H3,(H,26,29)(H,24,25,27). The van der Waals surface area contributed by atoms with Crippen molar-refractivity contribution < 1.29 is 13.9 Å². The predicted octanol–water partition coefficient (Wildman–Crippen LogP) is 2.90. The smallest absolute Gasteiger partial charge is 0.244 e. The van der Waals surface area contributed by atoms with Crippen molar-refractivity contribution in [2.24, 2.45) is 0 Å². The molecule has 0 aliphatic carbocycles. The van der Waals surface area contributed by atoms with E-state index in [2.05, 4.69) is 25.6 Å². The van der Waals surface area contributed by atoms with E-state index in [-0.39, 0.29) is 12.5 Å². The number of benzene rings is 1. The highest BCUT2D eigenvalue weighted by atomic mass is 19.1. The Morgan fingerprint density at radius 1 is 1.17 bits per heavy atom. The monoisotopic (exact) mass is 408 g/mol. The number of aryl methyl sites for hydroxylation is 1. The summed E-state index contributed by atoms with van der Waals surface area (Å²) in [6.07, 6.45) is 1.46. The molecule has 2 aromatic heterocycles. The molecule has 1 aliphatic rings. The van der Waals surface area contributed by atoms with Crippen molar-refractivity contribution in [2.45, 2.75) is 20.1 Å². The molecule has 9 heteroatoms. The number of likely N-dealkylation sites (N-methyl/N-ethyl adjacent to an activating group) is 1. The van der Waals surface area contributed by atoms with Gasteiger partial charge < -0.3 is 20.3 Å². The number of carbonyl (C=O) groups excluding carboxylic acids is 1. The summed E-state index contributed by atoms with van der Waals surface area (Å²) in [4.78, 5) is 26.1. The van der Waals surface area contributed by atoms with Crippen molar-refractivity contribution in [1.82, 2.24) is 15.0 Å². The van der Waals surface area contributed by atoms with Crippen LogP contribution in [0.4, 0.5) is 21.8 Å². The number of nitrogens with zero attached hydrogens (tertiary/aromatic N) is 4. The van der Waals surface area contributed by atoms with Gasteiger partial charge in [-0.3, -0.25) is 4.79 Å². The minimum Gasteiger partial charge on any atom is -0.489 e. The highest BCUT2D eigenvalue weighted by Gasteiger charge is 2.23. The third kappa shape index (κ3) is 4.45. The Morgan fingerprint density at radius 3 is 2.67 bits per heavy atom. The molecule has 3 heterocycles. The maximum atomic E-state index is 12.8. The van der Waals surface area contributed by atoms with Crippen LogP contribution >= 0.6 is 0 Å². The van der Waals surface area contributed by atoms with Crippen molar-refractivity contribution in [3.63, 3.8) is 0 Å². The summed E-state index contributed by atoms with van der Waals surface area (Å²) < 4.78 is 18.5. The van der Waals surface area contributed by atoms with Gasteiger partial charge in [0.1, 0.15) is 18.0 Å². The lowest BCUT2D eigenvalue weighted by molar-refractivity contribution is -0.115. The zero-order valence-electron chi connectivity index (χ0n) is 16.6. The summed E-state index contributed by atoms with van der Waals surface area (Å²) in [5.41, 5.74) is 3.19. The number of carbonyl (C=O) groups is 1. The molecule has 0 radical (unpaired) electrons. The van der Waals surface area contributed by atoms with E-state index in [1.54, 1.807) is 11.0 Å². The third-order valence-electron chi connectivity index (χ3n) is 4.65. The summed E-state index contributed by atoms with van der Waals surface area (Å²) in [5.74, 6) is 1.32. The van der Waals surface area contributed by atoms with Crippen LogP contribution in [0.2, 0.25) is 0 Å². The molecule has 0 saturated carbocycles. The van der Waals surface area contributed by atoms with Crippen molar-refractivity contribution in [1.29, 1.82) is 0 Å². The summed E-state index contributed by atoms with van der Waals surface area (Å²) >= 11 is 0. The van der Waals surface area contributed by atoms with Gasteiger partial charge in [-0.1, -0.05) is 12.1 Å². The molecular formula is C21H21FN6O2. The zero-order valence-corrected chi connectivity index (χ0v) is 16.6. The van der Waals surface area contributed by atoms with Gasteiger partial charge in [0.15, 0.2) is 5.82 Å². The second-order valence-corrected chi connectivity index (χ2v) is 7.01. The molecule has 1 amide bonds. The number of ether oxygens (including phenoxy) is 1. The number of hydrogen-bond donors (Lipinski definition) is 2. The number of aromatic nitrogens is 3. The molecule has 1 aromatic carbocycles. The molecule has 30 heavy (non-hydrogen) atoms. The molecule has 8 nitrogen and oxygen atoms in total. The number of fused-ring (bicyclic) bond motifs is 1. The molecule has 0 unspecified atom stereocenters. The van der Waals surface area contributed by atoms with Crippen molar-refractivity contribution >= 4 is 23.4 Å². The largest absolute Gasteiger partial charge is 0.489 e. The molecule has 154 valence electrons. The average Bonchev–Trinajstić information content (AvgIpc) is 2.73. The lowest BCUT2D eigenvalue weighted by Crippen LogP contribution is -2.36. The molecule has 3 aromatic rings. The normalized spacial score (nSPS) is 12.9. The second-order valence-electron chi connectivity index (χ2n) is 7.01. The number of nitrogens with one attached hydrogen (secondary N) is 2. The number of anilines is 3. The number of rotatable bonds is 6. The van der Waals surface area contributed by atoms with Crippen LogP contribution in [-0.2, 0) is 17.9 Å². The van der Waals surface area contributed by atoms with Crippen molar-refractivity contribution in [3.8, 4) is 5.75 Å². The van der Waals surface area contributed by atoms with E-state index in [1.165, 1.54) is 12.3 Å². The van der Waals surface area contributed by atoms with Gasteiger partial charge >= 0.3 is 0 Å².